The van der Waals surface area contributed by atoms with Gasteiger partial charge in [0, 0.05) is 16.8 Å². The highest BCUT2D eigenvalue weighted by Crippen LogP contribution is 2.30. The maximum atomic E-state index is 13.1. The van der Waals surface area contributed by atoms with Crippen LogP contribution in [0.3, 0.4) is 0 Å². The third kappa shape index (κ3) is 4.04. The van der Waals surface area contributed by atoms with E-state index in [0.29, 0.717) is 33.8 Å². The van der Waals surface area contributed by atoms with Gasteiger partial charge in [0.05, 0.1) is 16.8 Å². The van der Waals surface area contributed by atoms with Gasteiger partial charge < -0.3 is 10.1 Å². The van der Waals surface area contributed by atoms with Crippen LogP contribution in [0.1, 0.15) is 36.6 Å². The number of imide groups is 1. The summed E-state index contributed by atoms with van der Waals surface area (Å²) in [5, 5.41) is 2.87. The van der Waals surface area contributed by atoms with Gasteiger partial charge in [-0.15, -0.1) is 0 Å². The fourth-order valence-corrected chi connectivity index (χ4v) is 3.89. The second-order valence-corrected chi connectivity index (χ2v) is 7.75. The van der Waals surface area contributed by atoms with Crippen LogP contribution in [0.4, 0.5) is 11.4 Å². The van der Waals surface area contributed by atoms with Crippen LogP contribution in [-0.4, -0.2) is 17.7 Å². The number of rotatable bonds is 6. The van der Waals surface area contributed by atoms with E-state index >= 15 is 0 Å². The first-order chi connectivity index (χ1) is 16.6. The van der Waals surface area contributed by atoms with E-state index in [1.807, 2.05) is 42.5 Å². The summed E-state index contributed by atoms with van der Waals surface area (Å²) in [4.78, 5) is 39.8. The molecule has 0 aliphatic carbocycles. The topological polar surface area (TPSA) is 75.7 Å². The van der Waals surface area contributed by atoms with Crippen LogP contribution in [0.15, 0.2) is 103 Å². The average Bonchev–Trinajstić information content (AvgIpc) is 3.13. The largest absolute Gasteiger partial charge is 0.489 e. The lowest BCUT2D eigenvalue weighted by atomic mass is 10.1. The number of hydrogen-bond acceptors (Lipinski definition) is 4. The Morgan fingerprint density at radius 3 is 2.12 bits per heavy atom. The van der Waals surface area contributed by atoms with Crippen molar-refractivity contribution in [2.75, 3.05) is 10.2 Å². The van der Waals surface area contributed by atoms with Crippen LogP contribution in [0.25, 0.3) is 0 Å². The van der Waals surface area contributed by atoms with E-state index in [0.717, 1.165) is 10.5 Å². The van der Waals surface area contributed by atoms with Crippen molar-refractivity contribution in [1.82, 2.24) is 0 Å². The SMILES string of the molecule is O=C(Nc1cccc(N2C(=O)c3ccccc3C2=O)c1)c1ccccc1COc1ccccc1. The smallest absolute Gasteiger partial charge is 0.266 e. The highest BCUT2D eigenvalue weighted by atomic mass is 16.5. The number of amides is 3. The van der Waals surface area contributed by atoms with E-state index < -0.39 is 0 Å². The highest BCUT2D eigenvalue weighted by Gasteiger charge is 2.36. The van der Waals surface area contributed by atoms with Crippen LogP contribution < -0.4 is 15.0 Å². The number of carbonyl (C=O) groups is 3. The van der Waals surface area contributed by atoms with Crippen molar-refractivity contribution in [3.05, 3.63) is 125 Å². The Kier molecular flexibility index (Phi) is 5.62. The van der Waals surface area contributed by atoms with Crippen LogP contribution in [0.2, 0.25) is 0 Å². The third-order valence-corrected chi connectivity index (χ3v) is 5.56. The number of carbonyl (C=O) groups excluding carboxylic acids is 3. The zero-order chi connectivity index (χ0) is 23.5. The number of fused-ring (bicyclic) bond motifs is 1. The van der Waals surface area contributed by atoms with Crippen molar-refractivity contribution >= 4 is 29.1 Å². The van der Waals surface area contributed by atoms with E-state index in [1.165, 1.54) is 0 Å². The van der Waals surface area contributed by atoms with Crippen molar-refractivity contribution < 1.29 is 19.1 Å². The number of nitrogens with one attached hydrogen (secondary N) is 1. The van der Waals surface area contributed by atoms with Crippen LogP contribution in [-0.2, 0) is 6.61 Å². The average molecular weight is 448 g/mol. The molecule has 6 nitrogen and oxygen atoms in total. The standard InChI is InChI=1S/C28H20N2O4/c31-26(23-14-5-4-9-19(23)18-34-22-12-2-1-3-13-22)29-20-10-8-11-21(17-20)30-27(32)24-15-6-7-16-25(24)28(30)33/h1-17H,18H2,(H,29,31). The molecule has 34 heavy (non-hydrogen) atoms. The Labute approximate surface area is 196 Å². The summed E-state index contributed by atoms with van der Waals surface area (Å²) in [6.45, 7) is 0.239. The van der Waals surface area contributed by atoms with Gasteiger partial charge in [0.2, 0.25) is 0 Å². The lowest BCUT2D eigenvalue weighted by molar-refractivity contribution is 0.0925. The Morgan fingerprint density at radius 2 is 1.38 bits per heavy atom. The predicted molar refractivity (Wildman–Crippen MR) is 129 cm³/mol. The second-order valence-electron chi connectivity index (χ2n) is 7.75. The molecule has 4 aromatic rings. The van der Waals surface area contributed by atoms with Crippen molar-refractivity contribution in [3.63, 3.8) is 0 Å². The molecule has 0 aromatic heterocycles. The predicted octanol–water partition coefficient (Wildman–Crippen LogP) is 5.32. The van der Waals surface area contributed by atoms with Gasteiger partial charge in [-0.05, 0) is 48.5 Å². The summed E-state index contributed by atoms with van der Waals surface area (Å²) in [6, 6.07) is 30.0. The Morgan fingerprint density at radius 1 is 0.735 bits per heavy atom. The van der Waals surface area contributed by atoms with Crippen molar-refractivity contribution in [1.29, 1.82) is 0 Å². The van der Waals surface area contributed by atoms with E-state index in [1.54, 1.807) is 60.7 Å². The molecule has 166 valence electrons. The third-order valence-electron chi connectivity index (χ3n) is 5.56. The summed E-state index contributed by atoms with van der Waals surface area (Å²) >= 11 is 0. The number of para-hydroxylation sites is 1. The summed E-state index contributed by atoms with van der Waals surface area (Å²) in [5.41, 5.74) is 2.82. The Hall–Kier alpha value is -4.71. The minimum Gasteiger partial charge on any atom is -0.489 e. The van der Waals surface area contributed by atoms with Crippen LogP contribution >= 0.6 is 0 Å². The highest BCUT2D eigenvalue weighted by molar-refractivity contribution is 6.34. The minimum atomic E-state index is -0.382. The van der Waals surface area contributed by atoms with E-state index in [-0.39, 0.29) is 24.3 Å². The van der Waals surface area contributed by atoms with Crippen LogP contribution in [0, 0.1) is 0 Å². The zero-order valence-electron chi connectivity index (χ0n) is 18.1. The quantitative estimate of drug-likeness (QED) is 0.405. The normalized spacial score (nSPS) is 12.4. The first kappa shape index (κ1) is 21.2. The zero-order valence-corrected chi connectivity index (χ0v) is 18.1. The van der Waals surface area contributed by atoms with Crippen molar-refractivity contribution in [2.45, 2.75) is 6.61 Å². The first-order valence-corrected chi connectivity index (χ1v) is 10.8. The fourth-order valence-electron chi connectivity index (χ4n) is 3.89. The molecule has 1 heterocycles. The molecule has 0 fully saturated rings. The van der Waals surface area contributed by atoms with Crippen LogP contribution in [0.5, 0.6) is 5.75 Å². The summed E-state index contributed by atoms with van der Waals surface area (Å²) < 4.78 is 5.81. The van der Waals surface area contributed by atoms with Gasteiger partial charge in [-0.1, -0.05) is 54.6 Å². The second kappa shape index (κ2) is 9.03. The number of ether oxygens (including phenoxy) is 1. The van der Waals surface area contributed by atoms with Gasteiger partial charge in [-0.3, -0.25) is 14.4 Å². The number of anilines is 2. The summed E-state index contributed by atoms with van der Waals surface area (Å²) in [7, 11) is 0. The van der Waals surface area contributed by atoms with Gasteiger partial charge in [-0.25, -0.2) is 4.90 Å². The molecule has 0 radical (unpaired) electrons. The molecule has 0 atom stereocenters. The first-order valence-electron chi connectivity index (χ1n) is 10.8. The molecular weight excluding hydrogens is 428 g/mol. The van der Waals surface area contributed by atoms with E-state index in [2.05, 4.69) is 5.32 Å². The van der Waals surface area contributed by atoms with Gasteiger partial charge >= 0.3 is 0 Å². The van der Waals surface area contributed by atoms with Crippen molar-refractivity contribution in [3.8, 4) is 5.75 Å². The summed E-state index contributed by atoms with van der Waals surface area (Å²) in [5.74, 6) is -0.363. The molecule has 1 aliphatic rings. The molecule has 0 saturated heterocycles. The van der Waals surface area contributed by atoms with E-state index in [9.17, 15) is 14.4 Å². The molecule has 1 N–H and O–H groups in total. The molecule has 5 rings (SSSR count). The fraction of sp³-hybridized carbons (Fsp3) is 0.0357. The van der Waals surface area contributed by atoms with Crippen molar-refractivity contribution in [2.24, 2.45) is 0 Å². The van der Waals surface area contributed by atoms with E-state index in [4.69, 9.17) is 4.74 Å². The maximum absolute atomic E-state index is 13.1. The molecule has 4 aromatic carbocycles. The lowest BCUT2D eigenvalue weighted by Gasteiger charge is -2.16. The number of nitrogens with zero attached hydrogens (tertiary/aromatic N) is 1. The van der Waals surface area contributed by atoms with Gasteiger partial charge in [0.25, 0.3) is 17.7 Å². The summed E-state index contributed by atoms with van der Waals surface area (Å²) in [6.07, 6.45) is 0. The van der Waals surface area contributed by atoms with Gasteiger partial charge in [-0.2, -0.15) is 0 Å². The number of hydrogen-bond donors (Lipinski definition) is 1. The molecule has 0 unspecified atom stereocenters. The lowest BCUT2D eigenvalue weighted by Crippen LogP contribution is -2.29. The molecule has 6 heteroatoms. The molecule has 3 amide bonds. The minimum absolute atomic E-state index is 0.239. The molecule has 0 bridgehead atoms. The molecule has 0 spiro atoms. The Bertz CT molecular complexity index is 1360. The molecular formula is C28H20N2O4. The Balaban J connectivity index is 1.35. The molecule has 0 saturated carbocycles. The van der Waals surface area contributed by atoms with Gasteiger partial charge in [0.15, 0.2) is 0 Å². The number of benzene rings is 4. The molecule has 1 aliphatic heterocycles. The maximum Gasteiger partial charge on any atom is 0.266 e. The van der Waals surface area contributed by atoms with Gasteiger partial charge in [0.1, 0.15) is 12.4 Å². The monoisotopic (exact) mass is 448 g/mol.